The predicted octanol–water partition coefficient (Wildman–Crippen LogP) is 3.07. The monoisotopic (exact) mass is 395 g/mol. The van der Waals surface area contributed by atoms with E-state index >= 15 is 0 Å². The Morgan fingerprint density at radius 1 is 1.07 bits per heavy atom. The molecule has 2 aromatic rings. The van der Waals surface area contributed by atoms with Crippen LogP contribution in [0.15, 0.2) is 47.4 Å². The molecule has 0 saturated heterocycles. The molecule has 1 fully saturated rings. The van der Waals surface area contributed by atoms with E-state index in [2.05, 4.69) is 10.8 Å². The summed E-state index contributed by atoms with van der Waals surface area (Å²) in [5.74, 6) is 0. The number of hydrogen-bond donors (Lipinski definition) is 2. The van der Waals surface area contributed by atoms with E-state index in [0.717, 1.165) is 0 Å². The Balaban J connectivity index is 1.79. The van der Waals surface area contributed by atoms with Gasteiger partial charge in [0.25, 0.3) is 0 Å². The van der Waals surface area contributed by atoms with Gasteiger partial charge in [0.1, 0.15) is 0 Å². The van der Waals surface area contributed by atoms with Crippen LogP contribution < -0.4 is 4.72 Å². The third-order valence-electron chi connectivity index (χ3n) is 5.13. The van der Waals surface area contributed by atoms with Crippen molar-refractivity contribution in [3.8, 4) is 23.3 Å². The highest BCUT2D eigenvalue weighted by Gasteiger charge is 2.31. The minimum atomic E-state index is -3.66. The maximum Gasteiger partial charge on any atom is 0.240 e. The first-order valence-corrected chi connectivity index (χ1v) is 10.5. The Morgan fingerprint density at radius 2 is 1.71 bits per heavy atom. The first-order chi connectivity index (χ1) is 13.2. The first kappa shape index (κ1) is 20.0. The van der Waals surface area contributed by atoms with Crippen LogP contribution in [0.2, 0.25) is 0 Å². The molecule has 1 aliphatic rings. The van der Waals surface area contributed by atoms with Gasteiger partial charge in [0.2, 0.25) is 10.0 Å². The Morgan fingerprint density at radius 3 is 2.29 bits per heavy atom. The molecule has 3 rings (SSSR count). The first-order valence-electron chi connectivity index (χ1n) is 9.03. The van der Waals surface area contributed by atoms with Crippen LogP contribution in [-0.4, -0.2) is 25.2 Å². The van der Waals surface area contributed by atoms with E-state index < -0.39 is 15.6 Å². The van der Waals surface area contributed by atoms with Crippen LogP contribution in [0.4, 0.5) is 0 Å². The fraction of sp³-hybridized carbons (Fsp3) is 0.333. The maximum absolute atomic E-state index is 12.7. The van der Waals surface area contributed by atoms with Crippen molar-refractivity contribution >= 4 is 10.0 Å². The highest BCUT2D eigenvalue weighted by atomic mass is 32.2. The zero-order valence-corrected chi connectivity index (χ0v) is 16.3. The summed E-state index contributed by atoms with van der Waals surface area (Å²) in [6, 6.07) is 15.0. The van der Waals surface area contributed by atoms with Gasteiger partial charge in [-0.3, -0.25) is 0 Å². The standard InChI is InChI=1S/C21H21N3O3S/c1-21(25)10-8-18(9-11-21)24-28(26,27)19-5-3-16(4-6-19)20-7-2-15(13-22)12-17(20)14-23/h2-7,12,18,24-25H,8-11H2,1H3. The van der Waals surface area contributed by atoms with Crippen molar-refractivity contribution in [3.05, 3.63) is 53.6 Å². The molecule has 144 valence electrons. The number of nitriles is 2. The third kappa shape index (κ3) is 4.40. The topological polar surface area (TPSA) is 114 Å². The molecule has 1 saturated carbocycles. The van der Waals surface area contributed by atoms with Gasteiger partial charge in [0.05, 0.1) is 33.8 Å². The molecule has 0 aromatic heterocycles. The molecule has 0 radical (unpaired) electrons. The molecule has 0 bridgehead atoms. The van der Waals surface area contributed by atoms with Gasteiger partial charge in [0.15, 0.2) is 0 Å². The van der Waals surface area contributed by atoms with Gasteiger partial charge < -0.3 is 5.11 Å². The number of rotatable bonds is 4. The summed E-state index contributed by atoms with van der Waals surface area (Å²) >= 11 is 0. The van der Waals surface area contributed by atoms with Gasteiger partial charge in [-0.15, -0.1) is 0 Å². The maximum atomic E-state index is 12.7. The average molecular weight is 395 g/mol. The lowest BCUT2D eigenvalue weighted by Crippen LogP contribution is -2.42. The molecule has 1 aliphatic carbocycles. The van der Waals surface area contributed by atoms with E-state index in [1.54, 1.807) is 31.2 Å². The van der Waals surface area contributed by atoms with Crippen molar-refractivity contribution in [2.45, 2.75) is 49.1 Å². The van der Waals surface area contributed by atoms with Crippen LogP contribution in [0.5, 0.6) is 0 Å². The quantitative estimate of drug-likeness (QED) is 0.826. The summed E-state index contributed by atoms with van der Waals surface area (Å²) in [4.78, 5) is 0.153. The molecule has 0 aliphatic heterocycles. The van der Waals surface area contributed by atoms with Crippen LogP contribution in [0, 0.1) is 22.7 Å². The highest BCUT2D eigenvalue weighted by Crippen LogP contribution is 2.29. The van der Waals surface area contributed by atoms with Crippen LogP contribution in [0.3, 0.4) is 0 Å². The van der Waals surface area contributed by atoms with Gasteiger partial charge in [-0.05, 0) is 68.0 Å². The molecule has 0 amide bonds. The number of aliphatic hydroxyl groups is 1. The minimum absolute atomic E-state index is 0.153. The number of benzene rings is 2. The molecule has 6 nitrogen and oxygen atoms in total. The van der Waals surface area contributed by atoms with E-state index in [9.17, 15) is 18.8 Å². The van der Waals surface area contributed by atoms with E-state index in [-0.39, 0.29) is 10.9 Å². The molecule has 0 atom stereocenters. The fourth-order valence-electron chi connectivity index (χ4n) is 3.42. The van der Waals surface area contributed by atoms with Crippen molar-refractivity contribution in [1.29, 1.82) is 10.5 Å². The van der Waals surface area contributed by atoms with E-state index in [0.29, 0.717) is 47.9 Å². The number of hydrogen-bond acceptors (Lipinski definition) is 5. The van der Waals surface area contributed by atoms with Crippen molar-refractivity contribution < 1.29 is 13.5 Å². The third-order valence-corrected chi connectivity index (χ3v) is 6.67. The summed E-state index contributed by atoms with van der Waals surface area (Å²) in [6.45, 7) is 1.77. The van der Waals surface area contributed by atoms with E-state index in [1.807, 2.05) is 6.07 Å². The lowest BCUT2D eigenvalue weighted by molar-refractivity contribution is 0.0163. The zero-order chi connectivity index (χ0) is 20.4. The molecule has 0 heterocycles. The summed E-state index contributed by atoms with van der Waals surface area (Å²) in [6.07, 6.45) is 2.33. The van der Waals surface area contributed by atoms with Crippen LogP contribution in [0.25, 0.3) is 11.1 Å². The summed E-state index contributed by atoms with van der Waals surface area (Å²) in [7, 11) is -3.66. The smallest absolute Gasteiger partial charge is 0.240 e. The number of nitrogens with one attached hydrogen (secondary N) is 1. The second kappa shape index (κ2) is 7.73. The normalized spacial score (nSPS) is 22.2. The largest absolute Gasteiger partial charge is 0.390 e. The van der Waals surface area contributed by atoms with Crippen LogP contribution in [-0.2, 0) is 10.0 Å². The molecular weight excluding hydrogens is 374 g/mol. The molecule has 2 aromatic carbocycles. The van der Waals surface area contributed by atoms with E-state index in [1.165, 1.54) is 18.2 Å². The van der Waals surface area contributed by atoms with Crippen molar-refractivity contribution in [1.82, 2.24) is 4.72 Å². The minimum Gasteiger partial charge on any atom is -0.390 e. The molecule has 0 spiro atoms. The lowest BCUT2D eigenvalue weighted by Gasteiger charge is -2.33. The Kier molecular flexibility index (Phi) is 5.53. The molecule has 2 N–H and O–H groups in total. The fourth-order valence-corrected chi connectivity index (χ4v) is 4.72. The van der Waals surface area contributed by atoms with Crippen LogP contribution >= 0.6 is 0 Å². The SMILES string of the molecule is CC1(O)CCC(NS(=O)(=O)c2ccc(-c3ccc(C#N)cc3C#N)cc2)CC1. The predicted molar refractivity (Wildman–Crippen MR) is 105 cm³/mol. The molecule has 28 heavy (non-hydrogen) atoms. The van der Waals surface area contributed by atoms with Crippen molar-refractivity contribution in [2.24, 2.45) is 0 Å². The molecule has 7 heteroatoms. The summed E-state index contributed by atoms with van der Waals surface area (Å²) in [5, 5.41) is 28.3. The zero-order valence-electron chi connectivity index (χ0n) is 15.5. The van der Waals surface area contributed by atoms with Crippen molar-refractivity contribution in [3.63, 3.8) is 0 Å². The summed E-state index contributed by atoms with van der Waals surface area (Å²) in [5.41, 5.74) is 1.39. The van der Waals surface area contributed by atoms with Gasteiger partial charge in [-0.2, -0.15) is 10.5 Å². The van der Waals surface area contributed by atoms with Gasteiger partial charge in [0, 0.05) is 6.04 Å². The van der Waals surface area contributed by atoms with Crippen molar-refractivity contribution in [2.75, 3.05) is 0 Å². The van der Waals surface area contributed by atoms with Gasteiger partial charge in [-0.25, -0.2) is 13.1 Å². The Bertz CT molecular complexity index is 1050. The summed E-state index contributed by atoms with van der Waals surface area (Å²) < 4.78 is 28.0. The van der Waals surface area contributed by atoms with Gasteiger partial charge >= 0.3 is 0 Å². The molecule has 0 unspecified atom stereocenters. The molecular formula is C21H21N3O3S. The Hall–Kier alpha value is -2.71. The van der Waals surface area contributed by atoms with E-state index in [4.69, 9.17) is 5.26 Å². The van der Waals surface area contributed by atoms with Crippen LogP contribution in [0.1, 0.15) is 43.7 Å². The number of sulfonamides is 1. The lowest BCUT2D eigenvalue weighted by atomic mass is 9.84. The highest BCUT2D eigenvalue weighted by molar-refractivity contribution is 7.89. The van der Waals surface area contributed by atoms with Gasteiger partial charge in [-0.1, -0.05) is 18.2 Å². The Labute approximate surface area is 165 Å². The second-order valence-corrected chi connectivity index (χ2v) is 9.11. The average Bonchev–Trinajstić information content (AvgIpc) is 2.69. The number of nitrogens with zero attached hydrogens (tertiary/aromatic N) is 2. The second-order valence-electron chi connectivity index (χ2n) is 7.40.